The van der Waals surface area contributed by atoms with Crippen LogP contribution in [-0.2, 0) is 24.5 Å². The van der Waals surface area contributed by atoms with E-state index in [1.807, 2.05) is 13.0 Å². The Morgan fingerprint density at radius 1 is 1.23 bits per heavy atom. The summed E-state index contributed by atoms with van der Waals surface area (Å²) in [5.74, 6) is -2.27. The molecule has 2 N–H and O–H groups in total. The van der Waals surface area contributed by atoms with Crippen molar-refractivity contribution in [2.45, 2.75) is 52.6 Å². The molecule has 1 aromatic rings. The number of fused-ring (bicyclic) bond motifs is 1. The molecule has 0 spiro atoms. The fraction of sp³-hybridized carbons (Fsp3) is 0.450. The highest BCUT2D eigenvalue weighted by molar-refractivity contribution is 6.28. The lowest BCUT2D eigenvalue weighted by molar-refractivity contribution is -0.154. The normalized spacial score (nSPS) is 16.2. The Hall–Kier alpha value is -2.63. The molecule has 0 aliphatic heterocycles. The number of benzene rings is 1. The third kappa shape index (κ3) is 3.79. The largest absolute Gasteiger partial charge is 0.506 e. The maximum atomic E-state index is 12.8. The molecule has 6 heteroatoms. The maximum Gasteiger partial charge on any atom is 0.325 e. The molecule has 0 saturated heterocycles. The van der Waals surface area contributed by atoms with Gasteiger partial charge in [-0.2, -0.15) is 0 Å². The van der Waals surface area contributed by atoms with E-state index in [4.69, 9.17) is 4.74 Å². The molecule has 1 aliphatic carbocycles. The number of hydrogen-bond donors (Lipinski definition) is 2. The van der Waals surface area contributed by atoms with Crippen LogP contribution in [0.15, 0.2) is 23.8 Å². The number of ether oxygens (including phenoxy) is 1. The number of Topliss-reactive ketones (excluding diaryl/α,β-unsaturated/α-hetero) is 1. The van der Waals surface area contributed by atoms with E-state index >= 15 is 0 Å². The highest BCUT2D eigenvalue weighted by atomic mass is 16.6. The van der Waals surface area contributed by atoms with Crippen molar-refractivity contribution >= 4 is 23.4 Å². The lowest BCUT2D eigenvalue weighted by Crippen LogP contribution is -2.43. The van der Waals surface area contributed by atoms with Crippen molar-refractivity contribution in [3.63, 3.8) is 0 Å². The Morgan fingerprint density at radius 2 is 1.85 bits per heavy atom. The van der Waals surface area contributed by atoms with Crippen LogP contribution in [0, 0.1) is 6.92 Å². The number of aliphatic hydroxyl groups excluding tert-OH is 1. The highest BCUT2D eigenvalue weighted by Crippen LogP contribution is 2.39. The van der Waals surface area contributed by atoms with E-state index < -0.39 is 28.7 Å². The van der Waals surface area contributed by atoms with Crippen LogP contribution >= 0.6 is 0 Å². The van der Waals surface area contributed by atoms with Gasteiger partial charge in [-0.3, -0.25) is 14.4 Å². The SMILES string of the molecule is Cc1ccc2c(c1)C(O)=C(C(=O)NCC(=O)OC(C)(C)C)C(=O)C2(C)C. The molecular formula is C20H25NO5. The van der Waals surface area contributed by atoms with Gasteiger partial charge in [0.15, 0.2) is 5.78 Å². The van der Waals surface area contributed by atoms with Gasteiger partial charge in [0.05, 0.1) is 5.41 Å². The summed E-state index contributed by atoms with van der Waals surface area (Å²) >= 11 is 0. The third-order valence-corrected chi connectivity index (χ3v) is 4.18. The van der Waals surface area contributed by atoms with Crippen molar-refractivity contribution in [3.05, 3.63) is 40.5 Å². The monoisotopic (exact) mass is 359 g/mol. The van der Waals surface area contributed by atoms with Crippen molar-refractivity contribution in [1.29, 1.82) is 0 Å². The lowest BCUT2D eigenvalue weighted by atomic mass is 9.70. The summed E-state index contributed by atoms with van der Waals surface area (Å²) in [4.78, 5) is 37.1. The minimum atomic E-state index is -0.964. The molecule has 1 amide bonds. The van der Waals surface area contributed by atoms with Crippen molar-refractivity contribution < 1.29 is 24.2 Å². The molecule has 0 unspecified atom stereocenters. The predicted molar refractivity (Wildman–Crippen MR) is 97.6 cm³/mol. The molecule has 0 aromatic heterocycles. The summed E-state index contributed by atoms with van der Waals surface area (Å²) in [6.07, 6.45) is 0. The number of rotatable bonds is 3. The second-order valence-corrected chi connectivity index (χ2v) is 8.00. The van der Waals surface area contributed by atoms with Gasteiger partial charge >= 0.3 is 5.97 Å². The van der Waals surface area contributed by atoms with Gasteiger partial charge in [0.25, 0.3) is 5.91 Å². The maximum absolute atomic E-state index is 12.8. The smallest absolute Gasteiger partial charge is 0.325 e. The van der Waals surface area contributed by atoms with Crippen LogP contribution in [0.1, 0.15) is 51.3 Å². The first-order valence-electron chi connectivity index (χ1n) is 8.44. The number of aliphatic hydroxyl groups is 1. The molecule has 1 aliphatic rings. The average molecular weight is 359 g/mol. The topological polar surface area (TPSA) is 92.7 Å². The van der Waals surface area contributed by atoms with E-state index in [9.17, 15) is 19.5 Å². The number of ketones is 1. The molecule has 0 heterocycles. The Bertz CT molecular complexity index is 812. The van der Waals surface area contributed by atoms with Crippen LogP contribution in [0.5, 0.6) is 0 Å². The summed E-state index contributed by atoms with van der Waals surface area (Å²) in [6.45, 7) is 10.0. The zero-order valence-corrected chi connectivity index (χ0v) is 16.0. The van der Waals surface area contributed by atoms with Gasteiger partial charge in [0, 0.05) is 5.56 Å². The molecule has 1 aromatic carbocycles. The average Bonchev–Trinajstić information content (AvgIpc) is 2.49. The first-order valence-corrected chi connectivity index (χ1v) is 8.44. The van der Waals surface area contributed by atoms with E-state index in [0.29, 0.717) is 11.1 Å². The van der Waals surface area contributed by atoms with Gasteiger partial charge in [-0.05, 0) is 53.2 Å². The fourth-order valence-electron chi connectivity index (χ4n) is 2.91. The van der Waals surface area contributed by atoms with Crippen molar-refractivity contribution in [1.82, 2.24) is 5.32 Å². The molecule has 2 rings (SSSR count). The van der Waals surface area contributed by atoms with E-state index in [0.717, 1.165) is 5.56 Å². The Morgan fingerprint density at radius 3 is 2.42 bits per heavy atom. The number of nitrogens with one attached hydrogen (secondary N) is 1. The molecule has 26 heavy (non-hydrogen) atoms. The Kier molecular flexibility index (Phi) is 4.99. The van der Waals surface area contributed by atoms with E-state index in [1.165, 1.54) is 0 Å². The van der Waals surface area contributed by atoms with Crippen LogP contribution < -0.4 is 5.32 Å². The third-order valence-electron chi connectivity index (χ3n) is 4.18. The van der Waals surface area contributed by atoms with E-state index in [-0.39, 0.29) is 17.9 Å². The van der Waals surface area contributed by atoms with Crippen LogP contribution in [-0.4, -0.2) is 34.9 Å². The summed E-state index contributed by atoms with van der Waals surface area (Å²) in [5.41, 5.74) is 0.0350. The molecule has 0 radical (unpaired) electrons. The zero-order chi connectivity index (χ0) is 19.9. The van der Waals surface area contributed by atoms with Gasteiger partial charge in [-0.15, -0.1) is 0 Å². The van der Waals surface area contributed by atoms with Crippen molar-refractivity contribution in [2.24, 2.45) is 0 Å². The highest BCUT2D eigenvalue weighted by Gasteiger charge is 2.43. The van der Waals surface area contributed by atoms with Crippen molar-refractivity contribution in [2.75, 3.05) is 6.54 Å². The van der Waals surface area contributed by atoms with E-state index in [1.54, 1.807) is 46.8 Å². The van der Waals surface area contributed by atoms with Gasteiger partial charge < -0.3 is 15.2 Å². The number of esters is 1. The fourth-order valence-corrected chi connectivity index (χ4v) is 2.91. The molecule has 140 valence electrons. The number of carbonyl (C=O) groups excluding carboxylic acids is 3. The van der Waals surface area contributed by atoms with Crippen LogP contribution in [0.4, 0.5) is 0 Å². The van der Waals surface area contributed by atoms with Crippen LogP contribution in [0.3, 0.4) is 0 Å². The number of aryl methyl sites for hydroxylation is 1. The quantitative estimate of drug-likeness (QED) is 0.639. The molecule has 0 saturated carbocycles. The first kappa shape index (κ1) is 19.7. The minimum absolute atomic E-state index is 0.336. The van der Waals surface area contributed by atoms with E-state index in [2.05, 4.69) is 5.32 Å². The molecular weight excluding hydrogens is 334 g/mol. The molecule has 0 atom stereocenters. The second-order valence-electron chi connectivity index (χ2n) is 8.00. The summed E-state index contributed by atoms with van der Waals surface area (Å²) in [5, 5.41) is 12.9. The van der Waals surface area contributed by atoms with Gasteiger partial charge in [-0.25, -0.2) is 0 Å². The first-order chi connectivity index (χ1) is 11.8. The minimum Gasteiger partial charge on any atom is -0.506 e. The Labute approximate surface area is 153 Å². The number of amides is 1. The molecule has 6 nitrogen and oxygen atoms in total. The van der Waals surface area contributed by atoms with Gasteiger partial charge in [-0.1, -0.05) is 17.7 Å². The second kappa shape index (κ2) is 6.59. The van der Waals surface area contributed by atoms with Crippen LogP contribution in [0.2, 0.25) is 0 Å². The standard InChI is InChI=1S/C20H25NO5/c1-11-7-8-13-12(9-11)16(23)15(17(24)20(13,5)6)18(25)21-10-14(22)26-19(2,3)4/h7-9,23H,10H2,1-6H3,(H,21,25). The lowest BCUT2D eigenvalue weighted by Gasteiger charge is -2.32. The summed E-state index contributed by atoms with van der Waals surface area (Å²) in [6, 6.07) is 5.38. The zero-order valence-electron chi connectivity index (χ0n) is 16.0. The van der Waals surface area contributed by atoms with Gasteiger partial charge in [0.1, 0.15) is 23.5 Å². The number of hydrogen-bond acceptors (Lipinski definition) is 5. The predicted octanol–water partition coefficient (Wildman–Crippen LogP) is 2.58. The number of carbonyl (C=O) groups is 3. The van der Waals surface area contributed by atoms with Crippen molar-refractivity contribution in [3.8, 4) is 0 Å². The summed E-state index contributed by atoms with van der Waals surface area (Å²) < 4.78 is 5.12. The Balaban J connectivity index is 2.32. The summed E-state index contributed by atoms with van der Waals surface area (Å²) in [7, 11) is 0. The van der Waals surface area contributed by atoms with Gasteiger partial charge in [0.2, 0.25) is 0 Å². The van der Waals surface area contributed by atoms with Crippen LogP contribution in [0.25, 0.3) is 5.76 Å². The molecule has 0 fully saturated rings. The molecule has 0 bridgehead atoms.